The molecule has 6 unspecified atom stereocenters. The van der Waals surface area contributed by atoms with Gasteiger partial charge >= 0.3 is 23.9 Å². The largest absolute Gasteiger partial charge is 0.481 e. The van der Waals surface area contributed by atoms with E-state index in [0.717, 1.165) is 88.9 Å². The topological polar surface area (TPSA) is 168 Å². The molecule has 0 spiro atoms. The van der Waals surface area contributed by atoms with Crippen LogP contribution in [0.25, 0.3) is 0 Å². The van der Waals surface area contributed by atoms with Gasteiger partial charge in [0.25, 0.3) is 0 Å². The molecule has 14 atom stereocenters. The van der Waals surface area contributed by atoms with Gasteiger partial charge in [-0.25, -0.2) is 0 Å². The fourth-order valence-corrected chi connectivity index (χ4v) is 14.4. The van der Waals surface area contributed by atoms with E-state index in [0.29, 0.717) is 29.1 Å². The molecular weight excluding hydrogens is 939 g/mol. The van der Waals surface area contributed by atoms with Gasteiger partial charge in [-0.3, -0.25) is 19.2 Å². The minimum Gasteiger partial charge on any atom is -0.481 e. The van der Waals surface area contributed by atoms with Gasteiger partial charge in [-0.05, 0) is 148 Å². The van der Waals surface area contributed by atoms with Crippen molar-refractivity contribution in [1.29, 1.82) is 0 Å². The van der Waals surface area contributed by atoms with E-state index in [1.165, 1.54) is 31.3 Å². The van der Waals surface area contributed by atoms with E-state index in [2.05, 4.69) is 39.8 Å². The van der Waals surface area contributed by atoms with Crippen LogP contribution in [0.2, 0.25) is 0 Å². The number of ether oxygens (including phenoxy) is 2. The first-order chi connectivity index (χ1) is 26.5. The number of carbonyl (C=O) groups excluding carboxylic acids is 2. The summed E-state index contributed by atoms with van der Waals surface area (Å²) in [6.07, 6.45) is 20.1. The quantitative estimate of drug-likeness (QED) is 0.138. The van der Waals surface area contributed by atoms with Crippen molar-refractivity contribution < 1.29 is 93.1 Å². The van der Waals surface area contributed by atoms with Crippen LogP contribution in [-0.2, 0) is 28.7 Å². The van der Waals surface area contributed by atoms with Gasteiger partial charge in [0, 0.05) is 55.9 Å². The second-order valence-electron chi connectivity index (χ2n) is 20.3. The molecule has 1 radical (unpaired) electrons. The molecule has 11 heteroatoms. The first kappa shape index (κ1) is 45.3. The Morgan fingerprint density at radius 3 is 1.70 bits per heavy atom. The molecule has 6 fully saturated rings. The second kappa shape index (κ2) is 17.6. The van der Waals surface area contributed by atoms with Crippen molar-refractivity contribution in [3.8, 4) is 0 Å². The van der Waals surface area contributed by atoms with Gasteiger partial charge in [-0.1, -0.05) is 51.0 Å². The summed E-state index contributed by atoms with van der Waals surface area (Å²) in [5.41, 5.74) is 3.43. The number of hydrogen-bond donors (Lipinski definition) is 4. The van der Waals surface area contributed by atoms with Crippen molar-refractivity contribution >= 4 is 23.9 Å². The molecule has 0 aromatic carbocycles. The van der Waals surface area contributed by atoms with E-state index in [-0.39, 0.29) is 110 Å². The Balaban J connectivity index is 0.000000212. The van der Waals surface area contributed by atoms with Crippen molar-refractivity contribution in [2.45, 2.75) is 181 Å². The summed E-state index contributed by atoms with van der Waals surface area (Å²) in [5.74, 6) is 0.999. The molecule has 10 nitrogen and oxygen atoms in total. The number of carboxylic acid groups (broad SMARTS) is 2. The van der Waals surface area contributed by atoms with Gasteiger partial charge in [0.2, 0.25) is 0 Å². The summed E-state index contributed by atoms with van der Waals surface area (Å²) in [4.78, 5) is 45.8. The minimum absolute atomic E-state index is 0. The summed E-state index contributed by atoms with van der Waals surface area (Å²) >= 11 is 0. The Hall–Kier alpha value is -1.28. The van der Waals surface area contributed by atoms with E-state index in [1.807, 2.05) is 0 Å². The summed E-state index contributed by atoms with van der Waals surface area (Å²) in [5, 5.41) is 38.1. The van der Waals surface area contributed by atoms with E-state index >= 15 is 0 Å². The van der Waals surface area contributed by atoms with Crippen LogP contribution in [0.3, 0.4) is 0 Å². The van der Waals surface area contributed by atoms with Gasteiger partial charge in [-0.2, -0.15) is 0 Å². The van der Waals surface area contributed by atoms with Gasteiger partial charge in [0.15, 0.2) is 0 Å². The van der Waals surface area contributed by atoms with Crippen LogP contribution in [0.4, 0.5) is 0 Å². The van der Waals surface area contributed by atoms with Gasteiger partial charge < -0.3 is 29.9 Å². The molecule has 8 aliphatic rings. The van der Waals surface area contributed by atoms with Gasteiger partial charge in [0.1, 0.15) is 12.2 Å². The van der Waals surface area contributed by atoms with Crippen LogP contribution in [0.15, 0.2) is 23.3 Å². The Labute approximate surface area is 375 Å². The molecule has 57 heavy (non-hydrogen) atoms. The summed E-state index contributed by atoms with van der Waals surface area (Å²) < 4.78 is 11.4. The third-order valence-electron chi connectivity index (χ3n) is 17.7. The Bertz CT molecular complexity index is 1610. The molecule has 0 heterocycles. The Morgan fingerprint density at radius 1 is 0.596 bits per heavy atom. The molecule has 8 aliphatic carbocycles. The van der Waals surface area contributed by atoms with Crippen LogP contribution >= 0.6 is 0 Å². The predicted octanol–water partition coefficient (Wildman–Crippen LogP) is 8.17. The fourth-order valence-electron chi connectivity index (χ4n) is 14.4. The zero-order valence-electron chi connectivity index (χ0n) is 34.9. The molecule has 6 saturated carbocycles. The summed E-state index contributed by atoms with van der Waals surface area (Å²) in [6.45, 7) is 9.43. The van der Waals surface area contributed by atoms with Crippen molar-refractivity contribution in [1.82, 2.24) is 0 Å². The maximum Gasteiger partial charge on any atom is 0.306 e. The SMILES string of the molecule is C[C@]12CC[C@H](O)CC1=CCC1C2CC[C@@]2(C)C1CC[C@@H]2O.C[C@]12CC[C@H](OC(=O)CCC(=O)O)CC1=CCC1C2CC[C@@]2(C)C1CC[C@@H]2OC(=O)CCC(=O)O.[Ac]. The van der Waals surface area contributed by atoms with E-state index in [9.17, 15) is 29.4 Å². The molecule has 8 rings (SSSR count). The molecule has 4 N–H and O–H groups in total. The third kappa shape index (κ3) is 8.63. The van der Waals surface area contributed by atoms with E-state index in [4.69, 9.17) is 19.7 Å². The van der Waals surface area contributed by atoms with Crippen LogP contribution in [0.5, 0.6) is 0 Å². The second-order valence-corrected chi connectivity index (χ2v) is 20.3. The summed E-state index contributed by atoms with van der Waals surface area (Å²) in [6, 6.07) is 0. The number of aliphatic carboxylic acids is 2. The molecule has 0 aliphatic heterocycles. The van der Waals surface area contributed by atoms with E-state index < -0.39 is 23.9 Å². The number of carbonyl (C=O) groups is 4. The third-order valence-corrected chi connectivity index (χ3v) is 17.7. The number of fused-ring (bicyclic) bond motifs is 10. The first-order valence-electron chi connectivity index (χ1n) is 22.1. The van der Waals surface area contributed by atoms with E-state index in [1.54, 1.807) is 5.57 Å². The number of hydrogen-bond acceptors (Lipinski definition) is 8. The van der Waals surface area contributed by atoms with Crippen molar-refractivity contribution in [2.75, 3.05) is 0 Å². The van der Waals surface area contributed by atoms with Crippen LogP contribution in [0, 0.1) is 101 Å². The standard InChI is InChI=1S/C27H38O8.C19H30O2.Ac/c1-26-13-11-17(34-24(32)9-7-22(28)29)15-16(26)3-4-18-19-5-6-21(27(19,2)14-12-20(18)26)35-25(33)10-8-23(30)31;1-18-9-7-13(20)11-12(18)3-4-14-15-5-6-17(21)19(15,2)10-8-16(14)18;/h3,17-21H,4-15H2,1-2H3,(H,28,29)(H,30,31);3,13-17,20-21H,4-11H2,1-2H3;/t17-,18?,19?,20?,21-,26-,27-;13-,14?,15?,16?,17-,18-,19-;/m00./s1. The average Bonchev–Trinajstić information content (AvgIpc) is 3.65. The molecule has 0 aromatic heterocycles. The van der Waals surface area contributed by atoms with Crippen molar-refractivity contribution in [3.63, 3.8) is 0 Å². The summed E-state index contributed by atoms with van der Waals surface area (Å²) in [7, 11) is 0. The predicted molar refractivity (Wildman–Crippen MR) is 209 cm³/mol. The number of allylic oxidation sites excluding steroid dienone is 2. The number of rotatable bonds is 8. The van der Waals surface area contributed by atoms with Crippen LogP contribution < -0.4 is 0 Å². The average molecular weight is 1010 g/mol. The molecule has 0 amide bonds. The number of aliphatic hydroxyl groups excluding tert-OH is 2. The number of carboxylic acids is 2. The molecule has 0 aromatic rings. The van der Waals surface area contributed by atoms with Gasteiger partial charge in [-0.15, -0.1) is 0 Å². The van der Waals surface area contributed by atoms with Gasteiger partial charge in [0.05, 0.1) is 37.9 Å². The number of esters is 2. The maximum atomic E-state index is 12.3. The normalized spacial score (nSPS) is 43.9. The Morgan fingerprint density at radius 2 is 1.11 bits per heavy atom. The number of aliphatic hydroxyl groups is 2. The zero-order valence-corrected chi connectivity index (χ0v) is 39.6. The zero-order chi connectivity index (χ0) is 40.2. The fraction of sp³-hybridized carbons (Fsp3) is 0.826. The molecule has 0 saturated heterocycles. The molecular formula is C46H68AcO10. The smallest absolute Gasteiger partial charge is 0.306 e. The van der Waals surface area contributed by atoms with Crippen LogP contribution in [0.1, 0.15) is 156 Å². The maximum absolute atomic E-state index is 12.3. The van der Waals surface area contributed by atoms with Crippen LogP contribution in [-0.4, -0.2) is 68.7 Å². The monoisotopic (exact) mass is 1010 g/mol. The first-order valence-corrected chi connectivity index (χ1v) is 22.1. The minimum atomic E-state index is -0.993. The van der Waals surface area contributed by atoms with Crippen molar-refractivity contribution in [3.05, 3.63) is 23.3 Å². The molecule has 315 valence electrons. The van der Waals surface area contributed by atoms with Crippen molar-refractivity contribution in [2.24, 2.45) is 57.2 Å². The molecule has 0 bridgehead atoms. The Kier molecular flexibility index (Phi) is 14.0.